The predicted molar refractivity (Wildman–Crippen MR) is 59.1 cm³/mol. The SMILES string of the molecule is NC(CN1CCN(C2CCC2)CC1)=NO. The molecule has 86 valence electrons. The topological polar surface area (TPSA) is 65.1 Å². The Labute approximate surface area is 90.5 Å². The van der Waals surface area contributed by atoms with E-state index in [0.29, 0.717) is 12.4 Å². The Morgan fingerprint density at radius 2 is 1.93 bits per heavy atom. The van der Waals surface area contributed by atoms with E-state index in [1.54, 1.807) is 0 Å². The van der Waals surface area contributed by atoms with Gasteiger partial charge in [0.25, 0.3) is 0 Å². The van der Waals surface area contributed by atoms with E-state index in [2.05, 4.69) is 15.0 Å². The van der Waals surface area contributed by atoms with Gasteiger partial charge in [-0.3, -0.25) is 9.80 Å². The monoisotopic (exact) mass is 212 g/mol. The van der Waals surface area contributed by atoms with Crippen LogP contribution >= 0.6 is 0 Å². The lowest BCUT2D eigenvalue weighted by Crippen LogP contribution is -2.53. The molecule has 5 heteroatoms. The highest BCUT2D eigenvalue weighted by Crippen LogP contribution is 2.25. The van der Waals surface area contributed by atoms with Gasteiger partial charge in [0.1, 0.15) is 0 Å². The standard InChI is InChI=1S/C10H20N4O/c11-10(12-15)8-13-4-6-14(7-5-13)9-2-1-3-9/h9,15H,1-8H2,(H2,11,12). The van der Waals surface area contributed by atoms with Gasteiger partial charge >= 0.3 is 0 Å². The summed E-state index contributed by atoms with van der Waals surface area (Å²) >= 11 is 0. The van der Waals surface area contributed by atoms with Crippen molar-refractivity contribution in [2.24, 2.45) is 10.9 Å². The molecular weight excluding hydrogens is 192 g/mol. The summed E-state index contributed by atoms with van der Waals surface area (Å²) in [6.45, 7) is 4.92. The third-order valence-corrected chi connectivity index (χ3v) is 3.51. The quantitative estimate of drug-likeness (QED) is 0.297. The summed E-state index contributed by atoms with van der Waals surface area (Å²) < 4.78 is 0. The second-order valence-electron chi connectivity index (χ2n) is 4.49. The van der Waals surface area contributed by atoms with Crippen LogP contribution in [0.5, 0.6) is 0 Å². The van der Waals surface area contributed by atoms with Gasteiger partial charge < -0.3 is 10.9 Å². The first-order valence-electron chi connectivity index (χ1n) is 5.72. The average molecular weight is 212 g/mol. The second-order valence-corrected chi connectivity index (χ2v) is 4.49. The summed E-state index contributed by atoms with van der Waals surface area (Å²) in [7, 11) is 0. The number of nitrogens with zero attached hydrogens (tertiary/aromatic N) is 3. The number of amidine groups is 1. The zero-order chi connectivity index (χ0) is 10.7. The van der Waals surface area contributed by atoms with Crippen molar-refractivity contribution >= 4 is 5.84 Å². The molecule has 0 atom stereocenters. The first-order valence-corrected chi connectivity index (χ1v) is 5.72. The van der Waals surface area contributed by atoms with Crippen LogP contribution in [-0.2, 0) is 0 Å². The molecular formula is C10H20N4O. The van der Waals surface area contributed by atoms with Crippen molar-refractivity contribution in [2.75, 3.05) is 32.7 Å². The minimum Gasteiger partial charge on any atom is -0.409 e. The zero-order valence-electron chi connectivity index (χ0n) is 9.10. The fourth-order valence-corrected chi connectivity index (χ4v) is 2.30. The minimum absolute atomic E-state index is 0.312. The Kier molecular flexibility index (Phi) is 3.43. The normalized spacial score (nSPS) is 26.5. The third-order valence-electron chi connectivity index (χ3n) is 3.51. The predicted octanol–water partition coefficient (Wildman–Crippen LogP) is -0.0971. The van der Waals surface area contributed by atoms with Crippen LogP contribution < -0.4 is 5.73 Å². The van der Waals surface area contributed by atoms with E-state index in [0.717, 1.165) is 32.2 Å². The fraction of sp³-hybridized carbons (Fsp3) is 0.900. The number of piperazine rings is 1. The molecule has 3 N–H and O–H groups in total. The van der Waals surface area contributed by atoms with Crippen LogP contribution in [-0.4, -0.2) is 59.6 Å². The van der Waals surface area contributed by atoms with Gasteiger partial charge in [0.2, 0.25) is 0 Å². The Morgan fingerprint density at radius 3 is 2.40 bits per heavy atom. The van der Waals surface area contributed by atoms with Crippen LogP contribution in [0.4, 0.5) is 0 Å². The van der Waals surface area contributed by atoms with Gasteiger partial charge in [-0.2, -0.15) is 0 Å². The Morgan fingerprint density at radius 1 is 1.27 bits per heavy atom. The van der Waals surface area contributed by atoms with Gasteiger partial charge in [-0.25, -0.2) is 0 Å². The molecule has 15 heavy (non-hydrogen) atoms. The molecule has 0 bridgehead atoms. The van der Waals surface area contributed by atoms with E-state index >= 15 is 0 Å². The van der Waals surface area contributed by atoms with Crippen molar-refractivity contribution in [3.8, 4) is 0 Å². The smallest absolute Gasteiger partial charge is 0.153 e. The molecule has 1 aliphatic heterocycles. The molecule has 0 aromatic carbocycles. The Bertz CT molecular complexity index is 232. The Balaban J connectivity index is 1.71. The summed E-state index contributed by atoms with van der Waals surface area (Å²) in [5.74, 6) is 0.312. The van der Waals surface area contributed by atoms with Gasteiger partial charge in [0, 0.05) is 32.2 Å². The zero-order valence-corrected chi connectivity index (χ0v) is 9.10. The number of hydrogen-bond donors (Lipinski definition) is 2. The highest BCUT2D eigenvalue weighted by atomic mass is 16.4. The largest absolute Gasteiger partial charge is 0.409 e. The van der Waals surface area contributed by atoms with Crippen molar-refractivity contribution in [1.82, 2.24) is 9.80 Å². The van der Waals surface area contributed by atoms with Crippen LogP contribution in [0.3, 0.4) is 0 Å². The molecule has 0 unspecified atom stereocenters. The molecule has 0 radical (unpaired) electrons. The molecule has 0 amide bonds. The van der Waals surface area contributed by atoms with Crippen molar-refractivity contribution in [1.29, 1.82) is 0 Å². The van der Waals surface area contributed by atoms with Crippen molar-refractivity contribution in [3.63, 3.8) is 0 Å². The highest BCUT2D eigenvalue weighted by Gasteiger charge is 2.27. The van der Waals surface area contributed by atoms with E-state index < -0.39 is 0 Å². The molecule has 0 spiro atoms. The molecule has 2 aliphatic rings. The molecule has 2 fully saturated rings. The van der Waals surface area contributed by atoms with E-state index in [-0.39, 0.29) is 0 Å². The maximum Gasteiger partial charge on any atom is 0.153 e. The lowest BCUT2D eigenvalue weighted by molar-refractivity contribution is 0.0676. The van der Waals surface area contributed by atoms with Crippen LogP contribution in [0, 0.1) is 0 Å². The van der Waals surface area contributed by atoms with Crippen LogP contribution in [0.25, 0.3) is 0 Å². The maximum atomic E-state index is 8.48. The molecule has 0 aromatic heterocycles. The fourth-order valence-electron chi connectivity index (χ4n) is 2.30. The molecule has 1 heterocycles. The van der Waals surface area contributed by atoms with Crippen molar-refractivity contribution in [2.45, 2.75) is 25.3 Å². The first-order chi connectivity index (χ1) is 7.29. The Hall–Kier alpha value is -0.810. The minimum atomic E-state index is 0.312. The molecule has 2 rings (SSSR count). The van der Waals surface area contributed by atoms with Gasteiger partial charge in [-0.1, -0.05) is 11.6 Å². The van der Waals surface area contributed by atoms with Crippen molar-refractivity contribution < 1.29 is 5.21 Å². The summed E-state index contributed by atoms with van der Waals surface area (Å²) in [5, 5.41) is 11.5. The summed E-state index contributed by atoms with van der Waals surface area (Å²) in [5.41, 5.74) is 5.48. The van der Waals surface area contributed by atoms with Crippen molar-refractivity contribution in [3.05, 3.63) is 0 Å². The summed E-state index contributed by atoms with van der Waals surface area (Å²) in [6.07, 6.45) is 4.15. The third kappa shape index (κ3) is 2.60. The van der Waals surface area contributed by atoms with Gasteiger partial charge in [0.05, 0.1) is 6.54 Å². The molecule has 0 aromatic rings. The summed E-state index contributed by atoms with van der Waals surface area (Å²) in [6, 6.07) is 0.844. The second kappa shape index (κ2) is 4.81. The van der Waals surface area contributed by atoms with Crippen LogP contribution in [0.1, 0.15) is 19.3 Å². The first kappa shape index (κ1) is 10.7. The molecule has 1 saturated heterocycles. The number of oxime groups is 1. The van der Waals surface area contributed by atoms with Gasteiger partial charge in [-0.15, -0.1) is 0 Å². The average Bonchev–Trinajstić information content (AvgIpc) is 2.18. The number of hydrogen-bond acceptors (Lipinski definition) is 4. The van der Waals surface area contributed by atoms with E-state index in [9.17, 15) is 0 Å². The van der Waals surface area contributed by atoms with Gasteiger partial charge in [-0.05, 0) is 12.8 Å². The van der Waals surface area contributed by atoms with Crippen LogP contribution in [0.15, 0.2) is 5.16 Å². The lowest BCUT2D eigenvalue weighted by atomic mass is 9.91. The van der Waals surface area contributed by atoms with Gasteiger partial charge in [0.15, 0.2) is 5.84 Å². The van der Waals surface area contributed by atoms with E-state index in [1.165, 1.54) is 19.3 Å². The van der Waals surface area contributed by atoms with E-state index in [1.807, 2.05) is 0 Å². The number of rotatable bonds is 3. The molecule has 1 saturated carbocycles. The van der Waals surface area contributed by atoms with Crippen LogP contribution in [0.2, 0.25) is 0 Å². The van der Waals surface area contributed by atoms with E-state index in [4.69, 9.17) is 10.9 Å². The number of nitrogens with two attached hydrogens (primary N) is 1. The highest BCUT2D eigenvalue weighted by molar-refractivity contribution is 5.81. The molecule has 5 nitrogen and oxygen atoms in total. The molecule has 1 aliphatic carbocycles. The summed E-state index contributed by atoms with van der Waals surface area (Å²) in [4.78, 5) is 4.82. The maximum absolute atomic E-state index is 8.48. The lowest BCUT2D eigenvalue weighted by Gasteiger charge is -2.42.